The summed E-state index contributed by atoms with van der Waals surface area (Å²) in [5.74, 6) is 0.756. The number of hydrogen-bond donors (Lipinski definition) is 2. The summed E-state index contributed by atoms with van der Waals surface area (Å²) in [5.41, 5.74) is 2.96. The topological polar surface area (TPSA) is 83.8 Å². The third kappa shape index (κ3) is 2.75. The molecule has 0 spiro atoms. The normalized spacial score (nSPS) is 23.0. The SMILES string of the molecule is CNC1CC2CCC(C1)N2c1nc2[nH]cc(-c3ccc4nn(C)cc4c3Cl)c2c(=O)n1C. The van der Waals surface area contributed by atoms with Gasteiger partial charge < -0.3 is 15.2 Å². The van der Waals surface area contributed by atoms with E-state index in [9.17, 15) is 4.79 Å². The lowest BCUT2D eigenvalue weighted by atomic mass is 9.98. The summed E-state index contributed by atoms with van der Waals surface area (Å²) in [6.45, 7) is 0. The molecule has 6 rings (SSSR count). The van der Waals surface area contributed by atoms with Gasteiger partial charge in [-0.2, -0.15) is 10.1 Å². The van der Waals surface area contributed by atoms with Crippen LogP contribution in [0.1, 0.15) is 25.7 Å². The highest BCUT2D eigenvalue weighted by atomic mass is 35.5. The summed E-state index contributed by atoms with van der Waals surface area (Å²) < 4.78 is 3.45. The maximum absolute atomic E-state index is 13.6. The molecule has 2 aliphatic heterocycles. The molecule has 0 amide bonds. The van der Waals surface area contributed by atoms with Crippen molar-refractivity contribution in [3.8, 4) is 11.1 Å². The van der Waals surface area contributed by atoms with Crippen molar-refractivity contribution in [1.29, 1.82) is 0 Å². The molecule has 9 heteroatoms. The lowest BCUT2D eigenvalue weighted by molar-refractivity contribution is 0.367. The highest BCUT2D eigenvalue weighted by Crippen LogP contribution is 2.40. The molecule has 3 aromatic heterocycles. The Morgan fingerprint density at radius 1 is 1.16 bits per heavy atom. The monoisotopic (exact) mass is 451 g/mol. The minimum absolute atomic E-state index is 0.0567. The van der Waals surface area contributed by atoms with Crippen LogP contribution in [-0.4, -0.2) is 49.5 Å². The van der Waals surface area contributed by atoms with Gasteiger partial charge in [-0.05, 0) is 38.8 Å². The van der Waals surface area contributed by atoms with E-state index >= 15 is 0 Å². The molecule has 0 aliphatic carbocycles. The Balaban J connectivity index is 1.49. The number of fused-ring (bicyclic) bond motifs is 4. The Bertz CT molecular complexity index is 1400. The molecule has 166 valence electrons. The smallest absolute Gasteiger partial charge is 0.264 e. The van der Waals surface area contributed by atoms with Gasteiger partial charge in [-0.1, -0.05) is 17.7 Å². The number of H-pyrrole nitrogens is 1. The zero-order valence-electron chi connectivity index (χ0n) is 18.4. The van der Waals surface area contributed by atoms with E-state index in [-0.39, 0.29) is 5.56 Å². The van der Waals surface area contributed by atoms with Crippen molar-refractivity contribution in [1.82, 2.24) is 29.6 Å². The second-order valence-electron chi connectivity index (χ2n) is 9.11. The number of aromatic nitrogens is 5. The molecular formula is C23H26ClN7O. The predicted octanol–water partition coefficient (Wildman–Crippen LogP) is 3.19. The first kappa shape index (κ1) is 19.8. The van der Waals surface area contributed by atoms with E-state index in [0.29, 0.717) is 34.2 Å². The summed E-state index contributed by atoms with van der Waals surface area (Å²) in [7, 11) is 5.74. The van der Waals surface area contributed by atoms with Crippen molar-refractivity contribution < 1.29 is 0 Å². The maximum atomic E-state index is 13.6. The molecule has 2 bridgehead atoms. The maximum Gasteiger partial charge on any atom is 0.264 e. The summed E-state index contributed by atoms with van der Waals surface area (Å²) in [4.78, 5) is 24.2. The van der Waals surface area contributed by atoms with E-state index in [0.717, 1.165) is 53.7 Å². The molecular weight excluding hydrogens is 426 g/mol. The number of nitrogens with zero attached hydrogens (tertiary/aromatic N) is 5. The minimum Gasteiger partial charge on any atom is -0.345 e. The van der Waals surface area contributed by atoms with Crippen LogP contribution >= 0.6 is 11.6 Å². The molecule has 2 N–H and O–H groups in total. The van der Waals surface area contributed by atoms with E-state index in [1.807, 2.05) is 45.7 Å². The molecule has 1 aromatic carbocycles. The second-order valence-corrected chi connectivity index (χ2v) is 9.49. The van der Waals surface area contributed by atoms with Crippen molar-refractivity contribution in [2.24, 2.45) is 14.1 Å². The third-order valence-electron chi connectivity index (χ3n) is 7.29. The van der Waals surface area contributed by atoms with Gasteiger partial charge >= 0.3 is 0 Å². The molecule has 2 unspecified atom stereocenters. The van der Waals surface area contributed by atoms with Crippen molar-refractivity contribution in [2.45, 2.75) is 43.8 Å². The van der Waals surface area contributed by atoms with Crippen molar-refractivity contribution in [2.75, 3.05) is 11.9 Å². The first-order valence-electron chi connectivity index (χ1n) is 11.1. The Labute approximate surface area is 190 Å². The lowest BCUT2D eigenvalue weighted by Gasteiger charge is -2.40. The minimum atomic E-state index is -0.0567. The van der Waals surface area contributed by atoms with E-state index < -0.39 is 0 Å². The number of piperidine rings is 1. The molecule has 2 aliphatic rings. The van der Waals surface area contributed by atoms with Crippen LogP contribution in [0.2, 0.25) is 5.02 Å². The van der Waals surface area contributed by atoms with E-state index in [1.165, 1.54) is 0 Å². The molecule has 2 fully saturated rings. The number of anilines is 1. The zero-order chi connectivity index (χ0) is 22.1. The number of aryl methyl sites for hydroxylation is 1. The number of hydrogen-bond acceptors (Lipinski definition) is 5. The first-order chi connectivity index (χ1) is 15.5. The van der Waals surface area contributed by atoms with Crippen LogP contribution < -0.4 is 15.8 Å². The Hall–Kier alpha value is -2.84. The average molecular weight is 452 g/mol. The highest BCUT2D eigenvalue weighted by molar-refractivity contribution is 6.38. The highest BCUT2D eigenvalue weighted by Gasteiger charge is 2.42. The van der Waals surface area contributed by atoms with E-state index in [4.69, 9.17) is 16.6 Å². The summed E-state index contributed by atoms with van der Waals surface area (Å²) in [6.07, 6.45) is 8.19. The number of nitrogens with one attached hydrogen (secondary N) is 2. The second kappa shape index (κ2) is 7.08. The number of benzene rings is 1. The predicted molar refractivity (Wildman–Crippen MR) is 127 cm³/mol. The van der Waals surface area contributed by atoms with Gasteiger partial charge in [0.25, 0.3) is 5.56 Å². The Morgan fingerprint density at radius 2 is 1.91 bits per heavy atom. The van der Waals surface area contributed by atoms with Gasteiger partial charge in [0.1, 0.15) is 5.65 Å². The molecule has 32 heavy (non-hydrogen) atoms. The van der Waals surface area contributed by atoms with Crippen molar-refractivity contribution in [3.63, 3.8) is 0 Å². The summed E-state index contributed by atoms with van der Waals surface area (Å²) in [5, 5.41) is 9.88. The number of aromatic amines is 1. The van der Waals surface area contributed by atoms with Crippen LogP contribution in [0.15, 0.2) is 29.3 Å². The van der Waals surface area contributed by atoms with Crippen molar-refractivity contribution in [3.05, 3.63) is 39.9 Å². The van der Waals surface area contributed by atoms with Gasteiger partial charge in [-0.15, -0.1) is 0 Å². The molecule has 0 radical (unpaired) electrons. The molecule has 2 atom stereocenters. The van der Waals surface area contributed by atoms with Crippen LogP contribution in [0.4, 0.5) is 5.95 Å². The molecule has 2 saturated heterocycles. The Morgan fingerprint density at radius 3 is 2.62 bits per heavy atom. The quantitative estimate of drug-likeness (QED) is 0.499. The van der Waals surface area contributed by atoms with Crippen LogP contribution in [-0.2, 0) is 14.1 Å². The fourth-order valence-corrected chi connectivity index (χ4v) is 6.03. The zero-order valence-corrected chi connectivity index (χ0v) is 19.1. The fraction of sp³-hybridized carbons (Fsp3) is 0.435. The van der Waals surface area contributed by atoms with Crippen molar-refractivity contribution >= 4 is 39.5 Å². The standard InChI is InChI=1S/C23H26ClN7O/c1-25-12-8-13-4-5-14(9-12)31(13)23-27-21-19(22(32)30(23)3)16(10-26-21)15-6-7-18-17(20(15)24)11-29(2)28-18/h6-7,10-14,25-26H,4-5,8-9H2,1-3H3. The largest absolute Gasteiger partial charge is 0.345 e. The fourth-order valence-electron chi connectivity index (χ4n) is 5.72. The van der Waals surface area contributed by atoms with Gasteiger partial charge in [-0.3, -0.25) is 14.0 Å². The molecule has 5 heterocycles. The third-order valence-corrected chi connectivity index (χ3v) is 7.70. The van der Waals surface area contributed by atoms with Gasteiger partial charge in [-0.25, -0.2) is 0 Å². The average Bonchev–Trinajstić information content (AvgIpc) is 3.44. The van der Waals surface area contributed by atoms with Gasteiger partial charge in [0.05, 0.1) is 15.9 Å². The number of rotatable bonds is 3. The van der Waals surface area contributed by atoms with Gasteiger partial charge in [0.2, 0.25) is 5.95 Å². The van der Waals surface area contributed by atoms with Crippen LogP contribution in [0.25, 0.3) is 33.1 Å². The van der Waals surface area contributed by atoms with Crippen LogP contribution in [0.5, 0.6) is 0 Å². The first-order valence-corrected chi connectivity index (χ1v) is 11.5. The van der Waals surface area contributed by atoms with E-state index in [1.54, 1.807) is 9.25 Å². The Kier molecular flexibility index (Phi) is 4.39. The van der Waals surface area contributed by atoms with Crippen LogP contribution in [0.3, 0.4) is 0 Å². The van der Waals surface area contributed by atoms with E-state index in [2.05, 4.69) is 20.3 Å². The van der Waals surface area contributed by atoms with Crippen LogP contribution in [0, 0.1) is 0 Å². The summed E-state index contributed by atoms with van der Waals surface area (Å²) >= 11 is 6.76. The lowest BCUT2D eigenvalue weighted by Crippen LogP contribution is -2.50. The number of halogens is 1. The molecule has 4 aromatic rings. The summed E-state index contributed by atoms with van der Waals surface area (Å²) in [6, 6.07) is 5.23. The molecule has 8 nitrogen and oxygen atoms in total. The van der Waals surface area contributed by atoms with Gasteiger partial charge in [0.15, 0.2) is 0 Å². The molecule has 0 saturated carbocycles. The van der Waals surface area contributed by atoms with Gasteiger partial charge in [0, 0.05) is 61.1 Å².